The molecule has 5 atom stereocenters. The molecule has 116 valence electrons. The molecular weight excluding hydrogens is 248 g/mol. The highest BCUT2D eigenvalue weighted by molar-refractivity contribution is 5.04. The van der Waals surface area contributed by atoms with Crippen LogP contribution in [0, 0.1) is 23.2 Å². The SMILES string of the molecule is CCCNC(C)(C#N)CC(C)OC1CCC(C)C(C)C1. The van der Waals surface area contributed by atoms with Crippen molar-refractivity contribution in [3.63, 3.8) is 0 Å². The van der Waals surface area contributed by atoms with Crippen molar-refractivity contribution in [3.05, 3.63) is 0 Å². The standard InChI is InChI=1S/C17H32N2O/c1-6-9-19-17(5,12-18)11-15(4)20-16-8-7-13(2)14(3)10-16/h13-16,19H,6-11H2,1-5H3. The van der Waals surface area contributed by atoms with Gasteiger partial charge < -0.3 is 4.74 Å². The Labute approximate surface area is 125 Å². The monoisotopic (exact) mass is 280 g/mol. The van der Waals surface area contributed by atoms with Crippen molar-refractivity contribution in [2.24, 2.45) is 11.8 Å². The van der Waals surface area contributed by atoms with E-state index in [0.717, 1.165) is 37.6 Å². The van der Waals surface area contributed by atoms with E-state index in [1.54, 1.807) is 0 Å². The Morgan fingerprint density at radius 1 is 1.35 bits per heavy atom. The first-order valence-corrected chi connectivity index (χ1v) is 8.22. The Balaban J connectivity index is 2.42. The summed E-state index contributed by atoms with van der Waals surface area (Å²) in [4.78, 5) is 0. The molecule has 20 heavy (non-hydrogen) atoms. The highest BCUT2D eigenvalue weighted by Gasteiger charge is 2.30. The van der Waals surface area contributed by atoms with E-state index in [-0.39, 0.29) is 6.10 Å². The van der Waals surface area contributed by atoms with Gasteiger partial charge >= 0.3 is 0 Å². The summed E-state index contributed by atoms with van der Waals surface area (Å²) in [6.45, 7) is 11.8. The van der Waals surface area contributed by atoms with E-state index in [9.17, 15) is 5.26 Å². The summed E-state index contributed by atoms with van der Waals surface area (Å²) in [5, 5.41) is 12.7. The van der Waals surface area contributed by atoms with Gasteiger partial charge in [0.15, 0.2) is 0 Å². The average molecular weight is 280 g/mol. The first kappa shape index (κ1) is 17.5. The van der Waals surface area contributed by atoms with Crippen molar-refractivity contribution in [2.45, 2.75) is 84.5 Å². The maximum absolute atomic E-state index is 9.38. The van der Waals surface area contributed by atoms with Crippen molar-refractivity contribution in [1.82, 2.24) is 5.32 Å². The fraction of sp³-hybridized carbons (Fsp3) is 0.941. The number of nitriles is 1. The molecule has 0 aromatic carbocycles. The van der Waals surface area contributed by atoms with Gasteiger partial charge in [0.2, 0.25) is 0 Å². The topological polar surface area (TPSA) is 45.0 Å². The predicted octanol–water partition coefficient (Wildman–Crippen LogP) is 3.89. The van der Waals surface area contributed by atoms with Crippen molar-refractivity contribution in [3.8, 4) is 6.07 Å². The predicted molar refractivity (Wildman–Crippen MR) is 83.4 cm³/mol. The van der Waals surface area contributed by atoms with Gasteiger partial charge in [-0.15, -0.1) is 0 Å². The van der Waals surface area contributed by atoms with Gasteiger partial charge in [0.1, 0.15) is 5.54 Å². The zero-order valence-electron chi connectivity index (χ0n) is 13.9. The summed E-state index contributed by atoms with van der Waals surface area (Å²) in [5.41, 5.74) is -0.469. The molecule has 0 bridgehead atoms. The molecule has 1 aliphatic rings. The molecular formula is C17H32N2O. The van der Waals surface area contributed by atoms with Gasteiger partial charge in [-0.05, 0) is 57.9 Å². The second-order valence-corrected chi connectivity index (χ2v) is 6.91. The van der Waals surface area contributed by atoms with E-state index in [4.69, 9.17) is 4.74 Å². The molecule has 1 fully saturated rings. The van der Waals surface area contributed by atoms with Crippen LogP contribution in [0.25, 0.3) is 0 Å². The van der Waals surface area contributed by atoms with Gasteiger partial charge in [0.05, 0.1) is 18.3 Å². The molecule has 1 saturated carbocycles. The Kier molecular flexibility index (Phi) is 6.99. The summed E-state index contributed by atoms with van der Waals surface area (Å²) >= 11 is 0. The highest BCUT2D eigenvalue weighted by Crippen LogP contribution is 2.32. The number of nitrogens with zero attached hydrogens (tertiary/aromatic N) is 1. The molecule has 0 aromatic rings. The fourth-order valence-electron chi connectivity index (χ4n) is 3.13. The molecule has 3 nitrogen and oxygen atoms in total. The van der Waals surface area contributed by atoms with E-state index in [2.05, 4.69) is 39.1 Å². The second kappa shape index (κ2) is 8.00. The van der Waals surface area contributed by atoms with Crippen LogP contribution in [0.4, 0.5) is 0 Å². The van der Waals surface area contributed by atoms with Gasteiger partial charge in [0.25, 0.3) is 0 Å². The summed E-state index contributed by atoms with van der Waals surface area (Å²) in [6, 6.07) is 2.41. The number of hydrogen-bond donors (Lipinski definition) is 1. The van der Waals surface area contributed by atoms with Crippen LogP contribution in [0.5, 0.6) is 0 Å². The van der Waals surface area contributed by atoms with Crippen molar-refractivity contribution >= 4 is 0 Å². The van der Waals surface area contributed by atoms with Gasteiger partial charge in [-0.3, -0.25) is 5.32 Å². The van der Waals surface area contributed by atoms with Crippen LogP contribution in [0.1, 0.15) is 66.7 Å². The third-order valence-electron chi connectivity index (χ3n) is 4.68. The van der Waals surface area contributed by atoms with E-state index < -0.39 is 5.54 Å². The van der Waals surface area contributed by atoms with Crippen molar-refractivity contribution < 1.29 is 4.74 Å². The fourth-order valence-corrected chi connectivity index (χ4v) is 3.13. The summed E-state index contributed by atoms with van der Waals surface area (Å²) < 4.78 is 6.20. The van der Waals surface area contributed by atoms with Gasteiger partial charge in [-0.1, -0.05) is 20.8 Å². The molecule has 0 radical (unpaired) electrons. The number of nitrogens with one attached hydrogen (secondary N) is 1. The van der Waals surface area contributed by atoms with E-state index in [1.807, 2.05) is 6.92 Å². The van der Waals surface area contributed by atoms with Crippen LogP contribution < -0.4 is 5.32 Å². The van der Waals surface area contributed by atoms with Crippen LogP contribution in [0.2, 0.25) is 0 Å². The lowest BCUT2D eigenvalue weighted by molar-refractivity contribution is -0.0480. The maximum atomic E-state index is 9.38. The molecule has 1 N–H and O–H groups in total. The first-order valence-electron chi connectivity index (χ1n) is 8.22. The minimum Gasteiger partial charge on any atom is -0.375 e. The lowest BCUT2D eigenvalue weighted by atomic mass is 9.80. The van der Waals surface area contributed by atoms with E-state index in [0.29, 0.717) is 6.10 Å². The van der Waals surface area contributed by atoms with E-state index in [1.165, 1.54) is 12.8 Å². The molecule has 0 heterocycles. The molecule has 1 rings (SSSR count). The Hall–Kier alpha value is -0.590. The normalized spacial score (nSPS) is 31.3. The Bertz CT molecular complexity index is 325. The quantitative estimate of drug-likeness (QED) is 0.769. The average Bonchev–Trinajstić information content (AvgIpc) is 2.40. The summed E-state index contributed by atoms with van der Waals surface area (Å²) in [5.74, 6) is 1.57. The van der Waals surface area contributed by atoms with Crippen LogP contribution in [0.15, 0.2) is 0 Å². The lowest BCUT2D eigenvalue weighted by Gasteiger charge is -2.35. The van der Waals surface area contributed by atoms with Gasteiger partial charge in [0, 0.05) is 6.42 Å². The number of hydrogen-bond acceptors (Lipinski definition) is 3. The van der Waals surface area contributed by atoms with Gasteiger partial charge in [-0.25, -0.2) is 0 Å². The summed E-state index contributed by atoms with van der Waals surface area (Å²) in [6.07, 6.45) is 5.91. The van der Waals surface area contributed by atoms with Gasteiger partial charge in [-0.2, -0.15) is 5.26 Å². The minimum atomic E-state index is -0.469. The Morgan fingerprint density at radius 3 is 2.60 bits per heavy atom. The molecule has 0 aliphatic heterocycles. The third-order valence-corrected chi connectivity index (χ3v) is 4.68. The molecule has 1 aliphatic carbocycles. The van der Waals surface area contributed by atoms with E-state index >= 15 is 0 Å². The molecule has 0 aromatic heterocycles. The highest BCUT2D eigenvalue weighted by atomic mass is 16.5. The maximum Gasteiger partial charge on any atom is 0.106 e. The number of ether oxygens (including phenoxy) is 1. The molecule has 0 spiro atoms. The van der Waals surface area contributed by atoms with Crippen LogP contribution in [0.3, 0.4) is 0 Å². The van der Waals surface area contributed by atoms with Crippen LogP contribution in [-0.2, 0) is 4.74 Å². The lowest BCUT2D eigenvalue weighted by Crippen LogP contribution is -2.44. The van der Waals surface area contributed by atoms with Crippen LogP contribution in [-0.4, -0.2) is 24.3 Å². The zero-order chi connectivity index (χ0) is 15.2. The van der Waals surface area contributed by atoms with Crippen molar-refractivity contribution in [2.75, 3.05) is 6.54 Å². The van der Waals surface area contributed by atoms with Crippen molar-refractivity contribution in [1.29, 1.82) is 5.26 Å². The number of rotatable bonds is 7. The third kappa shape index (κ3) is 5.42. The second-order valence-electron chi connectivity index (χ2n) is 6.91. The molecule has 0 amide bonds. The molecule has 0 saturated heterocycles. The first-order chi connectivity index (χ1) is 9.40. The molecule has 5 unspecified atom stereocenters. The minimum absolute atomic E-state index is 0.134. The molecule has 3 heteroatoms. The van der Waals surface area contributed by atoms with Crippen LogP contribution >= 0.6 is 0 Å². The Morgan fingerprint density at radius 2 is 2.05 bits per heavy atom. The zero-order valence-corrected chi connectivity index (χ0v) is 13.9. The largest absolute Gasteiger partial charge is 0.375 e. The smallest absolute Gasteiger partial charge is 0.106 e. The summed E-state index contributed by atoms with van der Waals surface area (Å²) in [7, 11) is 0.